The molecule has 0 aliphatic rings. The summed E-state index contributed by atoms with van der Waals surface area (Å²) >= 11 is 7.42. The normalized spacial score (nSPS) is 10.9. The van der Waals surface area contributed by atoms with Crippen molar-refractivity contribution in [1.82, 2.24) is 4.98 Å². The predicted molar refractivity (Wildman–Crippen MR) is 89.9 cm³/mol. The minimum Gasteiger partial charge on any atom is -0.466 e. The second-order valence-electron chi connectivity index (χ2n) is 4.40. The van der Waals surface area contributed by atoms with Crippen LogP contribution in [0, 0.1) is 6.92 Å². The fraction of sp³-hybridized carbons (Fsp3) is 0.267. The van der Waals surface area contributed by atoms with E-state index in [-0.39, 0.29) is 12.4 Å². The number of carbonyl (C=O) groups is 1. The van der Waals surface area contributed by atoms with Crippen LogP contribution in [0.3, 0.4) is 0 Å². The van der Waals surface area contributed by atoms with Crippen molar-refractivity contribution in [2.45, 2.75) is 20.3 Å². The lowest BCUT2D eigenvalue weighted by molar-refractivity contribution is -0.142. The number of rotatable bonds is 6. The van der Waals surface area contributed by atoms with Gasteiger partial charge in [0.15, 0.2) is 0 Å². The standard InChI is InChI=1S/C15H16ClN3O2S/c1-3-21-14(20)8-13-10(2)18-15(22-13)19-17-9-11-6-4-5-7-12(11)16/h4-7,9H,3,8H2,1-2H3,(H,18,19)/b17-9+. The van der Waals surface area contributed by atoms with Crippen LogP contribution < -0.4 is 5.43 Å². The maximum absolute atomic E-state index is 11.5. The predicted octanol–water partition coefficient (Wildman–Crippen LogP) is 3.66. The number of carbonyl (C=O) groups excluding carboxylic acids is 1. The van der Waals surface area contributed by atoms with E-state index in [1.54, 1.807) is 19.2 Å². The van der Waals surface area contributed by atoms with E-state index in [0.29, 0.717) is 16.8 Å². The second kappa shape index (κ2) is 7.91. The van der Waals surface area contributed by atoms with E-state index < -0.39 is 0 Å². The van der Waals surface area contributed by atoms with Gasteiger partial charge in [0, 0.05) is 15.5 Å². The van der Waals surface area contributed by atoms with Crippen LogP contribution in [0.5, 0.6) is 0 Å². The zero-order chi connectivity index (χ0) is 15.9. The molecule has 116 valence electrons. The van der Waals surface area contributed by atoms with E-state index in [1.165, 1.54) is 11.3 Å². The van der Waals surface area contributed by atoms with Crippen molar-refractivity contribution >= 4 is 40.3 Å². The Labute approximate surface area is 138 Å². The Balaban J connectivity index is 1.99. The molecule has 0 fully saturated rings. The third kappa shape index (κ3) is 4.54. The van der Waals surface area contributed by atoms with Gasteiger partial charge < -0.3 is 4.74 Å². The first kappa shape index (κ1) is 16.5. The number of ether oxygens (including phenoxy) is 1. The SMILES string of the molecule is CCOC(=O)Cc1sc(N/N=C/c2ccccc2Cl)nc1C. The van der Waals surface area contributed by atoms with E-state index in [0.717, 1.165) is 16.1 Å². The van der Waals surface area contributed by atoms with Crippen molar-refractivity contribution in [3.63, 3.8) is 0 Å². The minimum atomic E-state index is -0.250. The minimum absolute atomic E-state index is 0.229. The molecule has 0 saturated carbocycles. The van der Waals surface area contributed by atoms with Gasteiger partial charge in [-0.2, -0.15) is 5.10 Å². The first-order valence-electron chi connectivity index (χ1n) is 6.75. The van der Waals surface area contributed by atoms with Gasteiger partial charge in [0.1, 0.15) is 0 Å². The second-order valence-corrected chi connectivity index (χ2v) is 5.89. The molecule has 0 spiro atoms. The number of hydrogen-bond donors (Lipinski definition) is 1. The summed E-state index contributed by atoms with van der Waals surface area (Å²) in [6, 6.07) is 7.41. The van der Waals surface area contributed by atoms with Crippen LogP contribution in [-0.4, -0.2) is 23.8 Å². The van der Waals surface area contributed by atoms with Crippen molar-refractivity contribution in [3.8, 4) is 0 Å². The Morgan fingerprint density at radius 1 is 1.50 bits per heavy atom. The highest BCUT2D eigenvalue weighted by atomic mass is 35.5. The zero-order valence-corrected chi connectivity index (χ0v) is 13.9. The summed E-state index contributed by atoms with van der Waals surface area (Å²) in [6.45, 7) is 4.02. The number of esters is 1. The van der Waals surface area contributed by atoms with Gasteiger partial charge >= 0.3 is 5.97 Å². The van der Waals surface area contributed by atoms with Gasteiger partial charge in [-0.15, -0.1) is 0 Å². The van der Waals surface area contributed by atoms with Crippen LogP contribution in [-0.2, 0) is 16.0 Å². The third-order valence-corrected chi connectivity index (χ3v) is 4.18. The molecule has 1 aromatic heterocycles. The number of aryl methyl sites for hydroxylation is 1. The zero-order valence-electron chi connectivity index (χ0n) is 12.3. The van der Waals surface area contributed by atoms with E-state index in [4.69, 9.17) is 16.3 Å². The fourth-order valence-corrected chi connectivity index (χ4v) is 2.80. The highest BCUT2D eigenvalue weighted by Gasteiger charge is 2.12. The first-order chi connectivity index (χ1) is 10.6. The molecule has 0 bridgehead atoms. The van der Waals surface area contributed by atoms with E-state index >= 15 is 0 Å². The van der Waals surface area contributed by atoms with Crippen molar-refractivity contribution in [2.24, 2.45) is 5.10 Å². The molecule has 0 saturated heterocycles. The number of hydrazone groups is 1. The van der Waals surface area contributed by atoms with Crippen LogP contribution in [0.1, 0.15) is 23.1 Å². The summed E-state index contributed by atoms with van der Waals surface area (Å²) < 4.78 is 4.94. The molecule has 22 heavy (non-hydrogen) atoms. The molecule has 7 heteroatoms. The summed E-state index contributed by atoms with van der Waals surface area (Å²) in [4.78, 5) is 16.7. The van der Waals surface area contributed by atoms with Gasteiger partial charge in [-0.3, -0.25) is 10.2 Å². The van der Waals surface area contributed by atoms with Gasteiger partial charge in [-0.1, -0.05) is 41.1 Å². The highest BCUT2D eigenvalue weighted by Crippen LogP contribution is 2.23. The molecule has 1 heterocycles. The topological polar surface area (TPSA) is 63.6 Å². The van der Waals surface area contributed by atoms with Crippen molar-refractivity contribution in [3.05, 3.63) is 45.4 Å². The largest absolute Gasteiger partial charge is 0.466 e. The van der Waals surface area contributed by atoms with E-state index in [1.807, 2.05) is 25.1 Å². The quantitative estimate of drug-likeness (QED) is 0.496. The smallest absolute Gasteiger partial charge is 0.311 e. The van der Waals surface area contributed by atoms with Crippen LogP contribution in [0.2, 0.25) is 5.02 Å². The average Bonchev–Trinajstić information content (AvgIpc) is 2.81. The van der Waals surface area contributed by atoms with Crippen LogP contribution in [0.4, 0.5) is 5.13 Å². The molecule has 0 unspecified atom stereocenters. The molecule has 0 aliphatic heterocycles. The highest BCUT2D eigenvalue weighted by molar-refractivity contribution is 7.15. The van der Waals surface area contributed by atoms with Gasteiger partial charge in [0.25, 0.3) is 0 Å². The molecular weight excluding hydrogens is 322 g/mol. The van der Waals surface area contributed by atoms with Crippen molar-refractivity contribution < 1.29 is 9.53 Å². The van der Waals surface area contributed by atoms with Crippen LogP contribution >= 0.6 is 22.9 Å². The first-order valence-corrected chi connectivity index (χ1v) is 7.95. The third-order valence-electron chi connectivity index (χ3n) is 2.77. The maximum Gasteiger partial charge on any atom is 0.311 e. The Kier molecular flexibility index (Phi) is 5.91. The molecule has 5 nitrogen and oxygen atoms in total. The van der Waals surface area contributed by atoms with Gasteiger partial charge in [-0.05, 0) is 19.9 Å². The Hall–Kier alpha value is -1.92. The number of nitrogens with one attached hydrogen (secondary N) is 1. The Morgan fingerprint density at radius 2 is 2.27 bits per heavy atom. The van der Waals surface area contributed by atoms with Gasteiger partial charge in [0.05, 0.1) is 24.9 Å². The summed E-state index contributed by atoms with van der Waals surface area (Å²) in [6.07, 6.45) is 1.86. The fourth-order valence-electron chi connectivity index (χ4n) is 1.72. The van der Waals surface area contributed by atoms with Gasteiger partial charge in [-0.25, -0.2) is 4.98 Å². The number of aromatic nitrogens is 1. The summed E-state index contributed by atoms with van der Waals surface area (Å²) in [5.74, 6) is -0.250. The van der Waals surface area contributed by atoms with Crippen LogP contribution in [0.15, 0.2) is 29.4 Å². The lowest BCUT2D eigenvalue weighted by Gasteiger charge is -1.99. The average molecular weight is 338 g/mol. The summed E-state index contributed by atoms with van der Waals surface area (Å²) in [5.41, 5.74) is 4.47. The number of thiazole rings is 1. The van der Waals surface area contributed by atoms with E-state index in [9.17, 15) is 4.79 Å². The Bertz CT molecular complexity index is 685. The lowest BCUT2D eigenvalue weighted by atomic mass is 10.2. The summed E-state index contributed by atoms with van der Waals surface area (Å²) in [5, 5.41) is 5.37. The monoisotopic (exact) mass is 337 g/mol. The molecular formula is C15H16ClN3O2S. The maximum atomic E-state index is 11.5. The van der Waals surface area contributed by atoms with Gasteiger partial charge in [0.2, 0.25) is 5.13 Å². The Morgan fingerprint density at radius 3 is 3.00 bits per heavy atom. The number of hydrogen-bond acceptors (Lipinski definition) is 6. The molecule has 0 atom stereocenters. The number of benzene rings is 1. The summed E-state index contributed by atoms with van der Waals surface area (Å²) in [7, 11) is 0. The molecule has 1 N–H and O–H groups in total. The van der Waals surface area contributed by atoms with Crippen molar-refractivity contribution in [1.29, 1.82) is 0 Å². The lowest BCUT2D eigenvalue weighted by Crippen LogP contribution is -2.07. The van der Waals surface area contributed by atoms with Crippen molar-refractivity contribution in [2.75, 3.05) is 12.0 Å². The van der Waals surface area contributed by atoms with Crippen LogP contribution in [0.25, 0.3) is 0 Å². The molecule has 0 amide bonds. The molecule has 0 aliphatic carbocycles. The van der Waals surface area contributed by atoms with E-state index in [2.05, 4.69) is 15.5 Å². The number of nitrogens with zero attached hydrogens (tertiary/aromatic N) is 2. The molecule has 0 radical (unpaired) electrons. The number of halogens is 1. The molecule has 2 aromatic rings. The number of anilines is 1. The molecule has 2 rings (SSSR count). The molecule has 1 aromatic carbocycles.